The molecule has 56 heavy (non-hydrogen) atoms. The number of halogens is 2. The van der Waals surface area contributed by atoms with Gasteiger partial charge in [-0.2, -0.15) is 134 Å². The molecule has 0 N–H and O–H groups in total. The number of hydrogen-bond donors (Lipinski definition) is 0. The van der Waals surface area contributed by atoms with Gasteiger partial charge in [-0.15, -0.1) is 11.1 Å². The zero-order valence-electron chi connectivity index (χ0n) is 35.9. The molecule has 2 aliphatic carbocycles. The Labute approximate surface area is 393 Å². The van der Waals surface area contributed by atoms with Crippen LogP contribution in [0.25, 0.3) is 22.3 Å². The van der Waals surface area contributed by atoms with Gasteiger partial charge in [0.25, 0.3) is 0 Å². The van der Waals surface area contributed by atoms with Gasteiger partial charge in [-0.05, 0) is 12.8 Å². The van der Waals surface area contributed by atoms with Crippen LogP contribution in [0.5, 0.6) is 0 Å². The Bertz CT molecular complexity index is 1700. The fourth-order valence-corrected chi connectivity index (χ4v) is 6.05. The zero-order valence-corrected chi connectivity index (χ0v) is 42.3. The number of hydrogen-bond acceptors (Lipinski definition) is 0. The Morgan fingerprint density at radius 3 is 1.07 bits per heavy atom. The molecule has 0 heterocycles. The van der Waals surface area contributed by atoms with E-state index in [9.17, 15) is 0 Å². The van der Waals surface area contributed by atoms with Crippen LogP contribution in [0.1, 0.15) is 114 Å². The molecule has 0 amide bonds. The molecule has 0 nitrogen and oxygen atoms in total. The van der Waals surface area contributed by atoms with E-state index < -0.39 is 0 Å². The third-order valence-corrected chi connectivity index (χ3v) is 8.78. The molecule has 0 aromatic heterocycles. The van der Waals surface area contributed by atoms with Crippen molar-refractivity contribution in [1.29, 1.82) is 0 Å². The van der Waals surface area contributed by atoms with Crippen LogP contribution < -0.4 is 24.8 Å². The van der Waals surface area contributed by atoms with Crippen molar-refractivity contribution in [2.24, 2.45) is 0 Å². The van der Waals surface area contributed by atoms with Gasteiger partial charge in [-0.1, -0.05) is 137 Å². The minimum absolute atomic E-state index is 0. The van der Waals surface area contributed by atoms with Crippen LogP contribution in [0.15, 0.2) is 121 Å². The smallest absolute Gasteiger partial charge is 1.00 e. The zero-order chi connectivity index (χ0) is 38.3. The van der Waals surface area contributed by atoms with Gasteiger partial charge in [0, 0.05) is 0 Å². The van der Waals surface area contributed by atoms with Crippen LogP contribution in [0.4, 0.5) is 0 Å². The molecule has 0 saturated carbocycles. The Morgan fingerprint density at radius 1 is 0.500 bits per heavy atom. The summed E-state index contributed by atoms with van der Waals surface area (Å²) in [5, 5.41) is 0. The molecule has 0 atom stereocenters. The SMILES string of the molecule is C[CH-]C.C[CH-]C.Cc1cc(C(C)(C)C)c[cH-]1.Cc1cc(C(C)(C)C)c[cH-]1.[Cl-].[Cl-].[Zr+4].[Zr+4].[c-]1cccc2c1Cc1ccccc1-2.[c-]1cccc2c1Cc1ccccc1-2. The Morgan fingerprint density at radius 2 is 0.804 bits per heavy atom. The van der Waals surface area contributed by atoms with Gasteiger partial charge in [-0.3, -0.25) is 0 Å². The average molecular weight is 940 g/mol. The van der Waals surface area contributed by atoms with Crippen molar-refractivity contribution in [2.45, 2.75) is 107 Å². The minimum Gasteiger partial charge on any atom is -1.00 e. The largest absolute Gasteiger partial charge is 4.00 e. The predicted octanol–water partition coefficient (Wildman–Crippen LogP) is 8.60. The summed E-state index contributed by atoms with van der Waals surface area (Å²) in [6, 6.07) is 49.5. The molecule has 6 aromatic rings. The van der Waals surface area contributed by atoms with E-state index in [1.807, 2.05) is 52.7 Å². The quantitative estimate of drug-likeness (QED) is 0.134. The molecule has 2 aliphatic rings. The first-order valence-corrected chi connectivity index (χ1v) is 18.8. The molecular formula is C52H62Cl2Zr2. The summed E-state index contributed by atoms with van der Waals surface area (Å²) in [7, 11) is 0. The topological polar surface area (TPSA) is 0 Å². The van der Waals surface area contributed by atoms with E-state index >= 15 is 0 Å². The van der Waals surface area contributed by atoms with Gasteiger partial charge in [0.15, 0.2) is 0 Å². The molecular weight excluding hydrogens is 878 g/mol. The number of benzene rings is 4. The van der Waals surface area contributed by atoms with Gasteiger partial charge >= 0.3 is 52.4 Å². The van der Waals surface area contributed by atoms with Crippen molar-refractivity contribution in [3.8, 4) is 22.3 Å². The van der Waals surface area contributed by atoms with Crippen LogP contribution in [-0.4, -0.2) is 0 Å². The average Bonchev–Trinajstić information content (AvgIpc) is 3.91. The van der Waals surface area contributed by atoms with E-state index in [1.165, 1.54) is 66.8 Å². The van der Waals surface area contributed by atoms with Crippen molar-refractivity contribution in [3.63, 3.8) is 0 Å². The fraction of sp³-hybridized carbons (Fsp3) is 0.308. The molecule has 4 heteroatoms. The van der Waals surface area contributed by atoms with Crippen molar-refractivity contribution in [2.75, 3.05) is 0 Å². The minimum atomic E-state index is 0. The van der Waals surface area contributed by atoms with Gasteiger partial charge in [-0.25, -0.2) is 12.1 Å². The van der Waals surface area contributed by atoms with E-state index in [-0.39, 0.29) is 77.2 Å². The maximum atomic E-state index is 3.30. The normalized spacial score (nSPS) is 10.6. The third kappa shape index (κ3) is 17.4. The van der Waals surface area contributed by atoms with Crippen molar-refractivity contribution in [3.05, 3.63) is 191 Å². The Kier molecular flexibility index (Phi) is 27.6. The van der Waals surface area contributed by atoms with Crippen molar-refractivity contribution < 1.29 is 77.2 Å². The Balaban J connectivity index is 0. The Hall–Kier alpha value is -2.07. The maximum absolute atomic E-state index is 3.30. The first kappa shape index (κ1) is 56.0. The summed E-state index contributed by atoms with van der Waals surface area (Å²) < 4.78 is 0. The summed E-state index contributed by atoms with van der Waals surface area (Å²) in [5.74, 6) is 0. The molecule has 8 rings (SSSR count). The van der Waals surface area contributed by atoms with Crippen LogP contribution >= 0.6 is 0 Å². The molecule has 0 saturated heterocycles. The van der Waals surface area contributed by atoms with Gasteiger partial charge in [0.2, 0.25) is 0 Å². The van der Waals surface area contributed by atoms with Crippen molar-refractivity contribution >= 4 is 0 Å². The van der Waals surface area contributed by atoms with E-state index in [0.717, 1.165) is 12.8 Å². The molecule has 0 fully saturated rings. The molecule has 0 bridgehead atoms. The fourth-order valence-electron chi connectivity index (χ4n) is 6.05. The van der Waals surface area contributed by atoms with Crippen LogP contribution in [-0.2, 0) is 76.1 Å². The first-order valence-electron chi connectivity index (χ1n) is 18.8. The van der Waals surface area contributed by atoms with Gasteiger partial charge < -0.3 is 37.7 Å². The number of fused-ring (bicyclic) bond motifs is 6. The second kappa shape index (κ2) is 27.6. The number of rotatable bonds is 0. The monoisotopic (exact) mass is 936 g/mol. The second-order valence-corrected chi connectivity index (χ2v) is 15.8. The van der Waals surface area contributed by atoms with E-state index in [4.69, 9.17) is 0 Å². The van der Waals surface area contributed by atoms with E-state index in [1.54, 1.807) is 0 Å². The van der Waals surface area contributed by atoms with Gasteiger partial charge in [0.05, 0.1) is 0 Å². The maximum Gasteiger partial charge on any atom is 4.00 e. The molecule has 0 aliphatic heterocycles. The molecule has 0 spiro atoms. The predicted molar refractivity (Wildman–Crippen MR) is 229 cm³/mol. The molecule has 6 aromatic carbocycles. The molecule has 0 unspecified atom stereocenters. The van der Waals surface area contributed by atoms with E-state index in [0.29, 0.717) is 10.8 Å². The summed E-state index contributed by atoms with van der Waals surface area (Å²) in [5.41, 5.74) is 17.2. The number of aryl methyl sites for hydroxylation is 2. The van der Waals surface area contributed by atoms with Crippen LogP contribution in [0.2, 0.25) is 0 Å². The summed E-state index contributed by atoms with van der Waals surface area (Å²) in [6.45, 7) is 25.7. The van der Waals surface area contributed by atoms with Crippen LogP contribution in [0, 0.1) is 38.8 Å². The first-order chi connectivity index (χ1) is 24.7. The summed E-state index contributed by atoms with van der Waals surface area (Å²) in [4.78, 5) is 0. The summed E-state index contributed by atoms with van der Waals surface area (Å²) in [6.07, 6.45) is 6.10. The molecule has 0 radical (unpaired) electrons. The second-order valence-electron chi connectivity index (χ2n) is 15.8. The van der Waals surface area contributed by atoms with E-state index in [2.05, 4.69) is 177 Å². The third-order valence-electron chi connectivity index (χ3n) is 8.78. The van der Waals surface area contributed by atoms with Gasteiger partial charge in [0.1, 0.15) is 0 Å². The standard InChI is InChI=1S/2C13H9.2C10H15.2C3H7.2ClH.2Zr/c2*1-3-7-12-10(5-1)9-11-6-2-4-8-13(11)12;2*1-8-5-6-9(7-8)10(2,3)4;2*1-3-2;;;;/h2*1-5,7-8H,9H2;2*5-7H,1-4H3;2*3H,1-2H3;2*1H;;/q6*-1;;;2*+4/p-2. The summed E-state index contributed by atoms with van der Waals surface area (Å²) >= 11 is 0. The van der Waals surface area contributed by atoms with Crippen molar-refractivity contribution in [1.82, 2.24) is 0 Å². The van der Waals surface area contributed by atoms with Crippen LogP contribution in [0.3, 0.4) is 0 Å². The molecule has 292 valence electrons.